The number of rotatable bonds is 0. The zero-order chi connectivity index (χ0) is 9.42. The summed E-state index contributed by atoms with van der Waals surface area (Å²) in [6.07, 6.45) is 0. The van der Waals surface area contributed by atoms with Crippen molar-refractivity contribution in [3.63, 3.8) is 0 Å². The molecule has 1 heterocycles. The SMILES string of the molecule is ON=C1COc2c(Br)cc(O)cc21. The number of aromatic hydroxyl groups is 1. The Labute approximate surface area is 82.6 Å². The molecule has 1 aliphatic heterocycles. The van der Waals surface area contributed by atoms with Gasteiger partial charge in [-0.05, 0) is 28.1 Å². The number of fused-ring (bicyclic) bond motifs is 1. The van der Waals surface area contributed by atoms with Gasteiger partial charge in [-0.2, -0.15) is 0 Å². The number of ether oxygens (including phenoxy) is 1. The summed E-state index contributed by atoms with van der Waals surface area (Å²) >= 11 is 3.23. The van der Waals surface area contributed by atoms with Crippen LogP contribution in [-0.2, 0) is 0 Å². The Kier molecular flexibility index (Phi) is 1.88. The molecule has 0 radical (unpaired) electrons. The molecule has 0 aliphatic carbocycles. The summed E-state index contributed by atoms with van der Waals surface area (Å²) in [5, 5.41) is 20.9. The summed E-state index contributed by atoms with van der Waals surface area (Å²) in [5.41, 5.74) is 1.04. The lowest BCUT2D eigenvalue weighted by Gasteiger charge is -2.01. The maximum absolute atomic E-state index is 9.27. The van der Waals surface area contributed by atoms with Gasteiger partial charge in [0.25, 0.3) is 0 Å². The molecule has 0 spiro atoms. The van der Waals surface area contributed by atoms with Crippen molar-refractivity contribution in [2.24, 2.45) is 5.16 Å². The van der Waals surface area contributed by atoms with Gasteiger partial charge in [-0.25, -0.2) is 0 Å². The Morgan fingerprint density at radius 2 is 2.23 bits per heavy atom. The molecule has 0 amide bonds. The first-order valence-electron chi connectivity index (χ1n) is 3.59. The molecule has 0 fully saturated rings. The Morgan fingerprint density at radius 3 is 2.92 bits per heavy atom. The molecule has 1 aliphatic rings. The smallest absolute Gasteiger partial charge is 0.143 e. The van der Waals surface area contributed by atoms with E-state index in [4.69, 9.17) is 9.94 Å². The summed E-state index contributed by atoms with van der Waals surface area (Å²) in [6.45, 7) is 0.230. The lowest BCUT2D eigenvalue weighted by molar-refractivity contribution is 0.313. The molecule has 1 aromatic carbocycles. The molecule has 0 saturated carbocycles. The highest BCUT2D eigenvalue weighted by Crippen LogP contribution is 2.36. The first-order chi connectivity index (χ1) is 6.22. The summed E-state index contributed by atoms with van der Waals surface area (Å²) in [5.74, 6) is 0.711. The van der Waals surface area contributed by atoms with Crippen molar-refractivity contribution in [1.82, 2.24) is 0 Å². The molecular weight excluding hydrogens is 238 g/mol. The maximum Gasteiger partial charge on any atom is 0.143 e. The van der Waals surface area contributed by atoms with Crippen LogP contribution in [0.2, 0.25) is 0 Å². The fraction of sp³-hybridized carbons (Fsp3) is 0.125. The minimum absolute atomic E-state index is 0.109. The van der Waals surface area contributed by atoms with Crippen LogP contribution in [0.3, 0.4) is 0 Å². The molecule has 2 rings (SSSR count). The highest BCUT2D eigenvalue weighted by molar-refractivity contribution is 9.10. The summed E-state index contributed by atoms with van der Waals surface area (Å²) in [6, 6.07) is 3.03. The maximum atomic E-state index is 9.27. The third-order valence-corrected chi connectivity index (χ3v) is 2.40. The number of benzene rings is 1. The Balaban J connectivity index is 2.64. The Bertz CT molecular complexity index is 389. The molecule has 13 heavy (non-hydrogen) atoms. The summed E-state index contributed by atoms with van der Waals surface area (Å²) in [7, 11) is 0. The fourth-order valence-electron chi connectivity index (χ4n) is 1.24. The normalized spacial score (nSPS) is 17.2. The van der Waals surface area contributed by atoms with E-state index in [0.717, 1.165) is 0 Å². The van der Waals surface area contributed by atoms with E-state index in [-0.39, 0.29) is 12.4 Å². The molecule has 2 N–H and O–H groups in total. The highest BCUT2D eigenvalue weighted by Gasteiger charge is 2.23. The third-order valence-electron chi connectivity index (χ3n) is 1.81. The predicted molar refractivity (Wildman–Crippen MR) is 49.6 cm³/mol. The van der Waals surface area contributed by atoms with Crippen molar-refractivity contribution in [3.8, 4) is 11.5 Å². The van der Waals surface area contributed by atoms with Gasteiger partial charge in [0.2, 0.25) is 0 Å². The second kappa shape index (κ2) is 2.92. The first kappa shape index (κ1) is 8.37. The molecule has 0 saturated heterocycles. The van der Waals surface area contributed by atoms with Crippen LogP contribution in [0, 0.1) is 0 Å². The molecule has 5 heteroatoms. The number of phenolic OH excluding ortho intramolecular Hbond substituents is 1. The molecule has 68 valence electrons. The van der Waals surface area contributed by atoms with Gasteiger partial charge in [-0.15, -0.1) is 0 Å². The van der Waals surface area contributed by atoms with Crippen LogP contribution in [0.15, 0.2) is 21.8 Å². The quantitative estimate of drug-likeness (QED) is 0.539. The van der Waals surface area contributed by atoms with Crippen LogP contribution < -0.4 is 4.74 Å². The van der Waals surface area contributed by atoms with Crippen LogP contribution in [0.4, 0.5) is 0 Å². The fourth-order valence-corrected chi connectivity index (χ4v) is 1.80. The second-order valence-electron chi connectivity index (χ2n) is 2.64. The summed E-state index contributed by atoms with van der Waals surface area (Å²) < 4.78 is 5.89. The summed E-state index contributed by atoms with van der Waals surface area (Å²) in [4.78, 5) is 0. The van der Waals surface area contributed by atoms with Gasteiger partial charge >= 0.3 is 0 Å². The van der Waals surface area contributed by atoms with E-state index in [1.807, 2.05) is 0 Å². The van der Waals surface area contributed by atoms with Crippen LogP contribution in [0.5, 0.6) is 11.5 Å². The number of hydrogen-bond donors (Lipinski definition) is 2. The van der Waals surface area contributed by atoms with Gasteiger partial charge in [0.1, 0.15) is 23.8 Å². The largest absolute Gasteiger partial charge is 0.508 e. The number of oxime groups is 1. The molecule has 0 bridgehead atoms. The molecule has 0 unspecified atom stereocenters. The molecule has 1 aromatic rings. The average molecular weight is 244 g/mol. The van der Waals surface area contributed by atoms with E-state index in [9.17, 15) is 5.11 Å². The van der Waals surface area contributed by atoms with Crippen LogP contribution in [0.25, 0.3) is 0 Å². The lowest BCUT2D eigenvalue weighted by Crippen LogP contribution is -2.01. The topological polar surface area (TPSA) is 62.1 Å². The van der Waals surface area contributed by atoms with Gasteiger partial charge in [0.05, 0.1) is 4.47 Å². The molecule has 0 aromatic heterocycles. The van der Waals surface area contributed by atoms with Crippen molar-refractivity contribution in [3.05, 3.63) is 22.2 Å². The number of hydrogen-bond acceptors (Lipinski definition) is 4. The lowest BCUT2D eigenvalue weighted by atomic mass is 10.1. The van der Waals surface area contributed by atoms with Crippen LogP contribution in [-0.4, -0.2) is 22.6 Å². The predicted octanol–water partition coefficient (Wildman–Crippen LogP) is 1.73. The van der Waals surface area contributed by atoms with Gasteiger partial charge in [0.15, 0.2) is 0 Å². The second-order valence-corrected chi connectivity index (χ2v) is 3.49. The van der Waals surface area contributed by atoms with Crippen LogP contribution in [0.1, 0.15) is 5.56 Å². The van der Waals surface area contributed by atoms with E-state index in [1.54, 1.807) is 0 Å². The molecular formula is C8H6BrNO3. The molecule has 0 atom stereocenters. The average Bonchev–Trinajstić information content (AvgIpc) is 2.47. The van der Waals surface area contributed by atoms with Crippen LogP contribution >= 0.6 is 15.9 Å². The Hall–Kier alpha value is -1.23. The van der Waals surface area contributed by atoms with Gasteiger partial charge < -0.3 is 15.1 Å². The van der Waals surface area contributed by atoms with Gasteiger partial charge in [-0.3, -0.25) is 0 Å². The van der Waals surface area contributed by atoms with Crippen molar-refractivity contribution >= 4 is 21.6 Å². The van der Waals surface area contributed by atoms with E-state index in [0.29, 0.717) is 21.5 Å². The van der Waals surface area contributed by atoms with Crippen molar-refractivity contribution in [2.75, 3.05) is 6.61 Å². The highest BCUT2D eigenvalue weighted by atomic mass is 79.9. The van der Waals surface area contributed by atoms with Crippen molar-refractivity contribution < 1.29 is 15.1 Å². The van der Waals surface area contributed by atoms with Crippen molar-refractivity contribution in [2.45, 2.75) is 0 Å². The molecule has 4 nitrogen and oxygen atoms in total. The third kappa shape index (κ3) is 1.25. The minimum Gasteiger partial charge on any atom is -0.508 e. The van der Waals surface area contributed by atoms with E-state index < -0.39 is 0 Å². The van der Waals surface area contributed by atoms with Gasteiger partial charge in [0, 0.05) is 5.56 Å². The number of nitrogens with zero attached hydrogens (tertiary/aromatic N) is 1. The van der Waals surface area contributed by atoms with E-state index >= 15 is 0 Å². The zero-order valence-electron chi connectivity index (χ0n) is 6.49. The standard InChI is InChI=1S/C8H6BrNO3/c9-6-2-4(11)1-5-7(10-12)3-13-8(5)6/h1-2,11-12H,3H2. The Morgan fingerprint density at radius 1 is 1.46 bits per heavy atom. The number of halogens is 1. The number of phenols is 1. The van der Waals surface area contributed by atoms with Gasteiger partial charge in [-0.1, -0.05) is 5.16 Å². The van der Waals surface area contributed by atoms with Crippen molar-refractivity contribution in [1.29, 1.82) is 0 Å². The first-order valence-corrected chi connectivity index (χ1v) is 4.38. The zero-order valence-corrected chi connectivity index (χ0v) is 8.08. The monoisotopic (exact) mass is 243 g/mol. The van der Waals surface area contributed by atoms with E-state index in [2.05, 4.69) is 21.1 Å². The minimum atomic E-state index is 0.109. The van der Waals surface area contributed by atoms with E-state index in [1.165, 1.54) is 12.1 Å².